The maximum atomic E-state index is 13.0. The van der Waals surface area contributed by atoms with Crippen LogP contribution in [-0.2, 0) is 0 Å². The molecule has 1 atom stereocenters. The van der Waals surface area contributed by atoms with E-state index in [-0.39, 0.29) is 11.9 Å². The third-order valence-electron chi connectivity index (χ3n) is 4.90. The van der Waals surface area contributed by atoms with Crippen LogP contribution in [0.4, 0.5) is 5.82 Å². The number of hydrogen-bond donors (Lipinski definition) is 1. The Kier molecular flexibility index (Phi) is 4.20. The van der Waals surface area contributed by atoms with E-state index < -0.39 is 0 Å². The van der Waals surface area contributed by atoms with Crippen LogP contribution in [0.1, 0.15) is 54.1 Å². The minimum absolute atomic E-state index is 0.112. The second-order valence-electron chi connectivity index (χ2n) is 6.74. The Balaban J connectivity index is 1.64. The van der Waals surface area contributed by atoms with Crippen molar-refractivity contribution in [3.63, 3.8) is 0 Å². The first-order valence-corrected chi connectivity index (χ1v) is 8.90. The van der Waals surface area contributed by atoms with Gasteiger partial charge in [-0.05, 0) is 50.3 Å². The average Bonchev–Trinajstić information content (AvgIpc) is 3.46. The second kappa shape index (κ2) is 6.63. The molecular formula is C20H23N3O. The van der Waals surface area contributed by atoms with Gasteiger partial charge in [0.2, 0.25) is 0 Å². The number of nitrogens with zero attached hydrogens (tertiary/aromatic N) is 2. The van der Waals surface area contributed by atoms with Crippen LogP contribution in [0.15, 0.2) is 48.7 Å². The molecule has 1 N–H and O–H groups in total. The van der Waals surface area contributed by atoms with Crippen LogP contribution >= 0.6 is 0 Å². The Bertz CT molecular complexity index is 712. The van der Waals surface area contributed by atoms with Gasteiger partial charge in [0.1, 0.15) is 5.82 Å². The Morgan fingerprint density at radius 3 is 2.67 bits per heavy atom. The van der Waals surface area contributed by atoms with E-state index in [9.17, 15) is 4.79 Å². The van der Waals surface area contributed by atoms with Gasteiger partial charge in [-0.2, -0.15) is 0 Å². The number of hydrogen-bond acceptors (Lipinski definition) is 3. The molecule has 4 rings (SSSR count). The van der Waals surface area contributed by atoms with Crippen LogP contribution in [-0.4, -0.2) is 28.4 Å². The molecule has 124 valence electrons. The zero-order chi connectivity index (χ0) is 16.4. The third-order valence-corrected chi connectivity index (χ3v) is 4.90. The number of pyridine rings is 1. The van der Waals surface area contributed by atoms with Crippen molar-refractivity contribution in [3.05, 3.63) is 59.8 Å². The molecule has 2 aliphatic rings. The summed E-state index contributed by atoms with van der Waals surface area (Å²) in [6, 6.07) is 14.4. The first-order chi connectivity index (χ1) is 11.8. The summed E-state index contributed by atoms with van der Waals surface area (Å²) in [4.78, 5) is 19.6. The maximum absolute atomic E-state index is 13.0. The van der Waals surface area contributed by atoms with Crippen molar-refractivity contribution in [2.45, 2.75) is 44.2 Å². The van der Waals surface area contributed by atoms with Gasteiger partial charge in [-0.1, -0.05) is 24.3 Å². The van der Waals surface area contributed by atoms with Gasteiger partial charge in [-0.25, -0.2) is 4.98 Å². The highest BCUT2D eigenvalue weighted by Crippen LogP contribution is 2.36. The summed E-state index contributed by atoms with van der Waals surface area (Å²) < 4.78 is 0. The lowest BCUT2D eigenvalue weighted by Crippen LogP contribution is -2.38. The first kappa shape index (κ1) is 15.2. The molecule has 1 aliphatic carbocycles. The van der Waals surface area contributed by atoms with Crippen molar-refractivity contribution in [2.75, 3.05) is 11.9 Å². The Hall–Kier alpha value is -2.36. The average molecular weight is 321 g/mol. The van der Waals surface area contributed by atoms with Crippen molar-refractivity contribution in [1.29, 1.82) is 0 Å². The molecule has 1 aromatic heterocycles. The van der Waals surface area contributed by atoms with Crippen LogP contribution in [0.2, 0.25) is 0 Å². The third kappa shape index (κ3) is 3.14. The molecule has 1 amide bonds. The number of likely N-dealkylation sites (tertiary alicyclic amines) is 1. The van der Waals surface area contributed by atoms with Gasteiger partial charge >= 0.3 is 0 Å². The Morgan fingerprint density at radius 2 is 1.88 bits per heavy atom. The fourth-order valence-corrected chi connectivity index (χ4v) is 3.47. The number of piperidine rings is 1. The van der Waals surface area contributed by atoms with E-state index in [4.69, 9.17) is 0 Å². The van der Waals surface area contributed by atoms with Gasteiger partial charge in [0.05, 0.1) is 6.04 Å². The summed E-state index contributed by atoms with van der Waals surface area (Å²) in [6.45, 7) is 0.816. The molecule has 1 unspecified atom stereocenters. The fourth-order valence-electron chi connectivity index (χ4n) is 3.47. The van der Waals surface area contributed by atoms with Gasteiger partial charge in [0, 0.05) is 29.9 Å². The van der Waals surface area contributed by atoms with Gasteiger partial charge in [-0.15, -0.1) is 0 Å². The Morgan fingerprint density at radius 1 is 1.04 bits per heavy atom. The van der Waals surface area contributed by atoms with Gasteiger partial charge in [0.15, 0.2) is 0 Å². The summed E-state index contributed by atoms with van der Waals surface area (Å²) in [7, 11) is 0. The number of rotatable bonds is 4. The highest BCUT2D eigenvalue weighted by molar-refractivity contribution is 5.94. The zero-order valence-corrected chi connectivity index (χ0v) is 13.8. The standard InChI is InChI=1S/C20H23N3O/c24-20(15-7-2-1-3-8-15)23-14-5-4-10-18(23)17-9-6-13-21-19(17)22-16-11-12-16/h1-3,6-9,13,16,18H,4-5,10-12,14H2,(H,21,22). The van der Waals surface area contributed by atoms with E-state index in [0.29, 0.717) is 6.04 Å². The highest BCUT2D eigenvalue weighted by Gasteiger charge is 2.31. The summed E-state index contributed by atoms with van der Waals surface area (Å²) in [5.74, 6) is 1.08. The monoisotopic (exact) mass is 321 g/mol. The number of amides is 1. The number of nitrogens with one attached hydrogen (secondary N) is 1. The van der Waals surface area contributed by atoms with E-state index in [0.717, 1.165) is 42.8 Å². The summed E-state index contributed by atoms with van der Waals surface area (Å²) in [6.07, 6.45) is 7.49. The van der Waals surface area contributed by atoms with Crippen molar-refractivity contribution in [1.82, 2.24) is 9.88 Å². The molecule has 1 aliphatic heterocycles. The van der Waals surface area contributed by atoms with Gasteiger partial charge in [-0.3, -0.25) is 4.79 Å². The van der Waals surface area contributed by atoms with Crippen LogP contribution < -0.4 is 5.32 Å². The minimum atomic E-state index is 0.112. The molecule has 0 radical (unpaired) electrons. The van der Waals surface area contributed by atoms with Crippen LogP contribution in [0.3, 0.4) is 0 Å². The minimum Gasteiger partial charge on any atom is -0.367 e. The SMILES string of the molecule is O=C(c1ccccc1)N1CCCCC1c1cccnc1NC1CC1. The van der Waals surface area contributed by atoms with E-state index in [1.165, 1.54) is 12.8 Å². The second-order valence-corrected chi connectivity index (χ2v) is 6.74. The molecule has 0 bridgehead atoms. The molecule has 1 saturated carbocycles. The molecule has 1 saturated heterocycles. The topological polar surface area (TPSA) is 45.2 Å². The molecular weight excluding hydrogens is 298 g/mol. The molecule has 24 heavy (non-hydrogen) atoms. The lowest BCUT2D eigenvalue weighted by molar-refractivity contribution is 0.0612. The predicted molar refractivity (Wildman–Crippen MR) is 95.0 cm³/mol. The summed E-state index contributed by atoms with van der Waals surface area (Å²) in [5, 5.41) is 3.53. The molecule has 2 heterocycles. The molecule has 1 aromatic carbocycles. The van der Waals surface area contributed by atoms with E-state index in [2.05, 4.69) is 16.4 Å². The van der Waals surface area contributed by atoms with E-state index in [1.807, 2.05) is 47.5 Å². The number of anilines is 1. The van der Waals surface area contributed by atoms with Crippen molar-refractivity contribution < 1.29 is 4.79 Å². The fraction of sp³-hybridized carbons (Fsp3) is 0.400. The lowest BCUT2D eigenvalue weighted by Gasteiger charge is -2.36. The van der Waals surface area contributed by atoms with Crippen molar-refractivity contribution in [2.24, 2.45) is 0 Å². The van der Waals surface area contributed by atoms with Gasteiger partial charge < -0.3 is 10.2 Å². The first-order valence-electron chi connectivity index (χ1n) is 8.90. The van der Waals surface area contributed by atoms with Crippen LogP contribution in [0, 0.1) is 0 Å². The normalized spacial score (nSPS) is 20.7. The highest BCUT2D eigenvalue weighted by atomic mass is 16.2. The number of carbonyl (C=O) groups is 1. The summed E-state index contributed by atoms with van der Waals surface area (Å²) in [5.41, 5.74) is 1.93. The van der Waals surface area contributed by atoms with Crippen LogP contribution in [0.25, 0.3) is 0 Å². The molecule has 2 aromatic rings. The van der Waals surface area contributed by atoms with E-state index in [1.54, 1.807) is 0 Å². The molecule has 2 fully saturated rings. The Labute approximate surface area is 142 Å². The van der Waals surface area contributed by atoms with Crippen LogP contribution in [0.5, 0.6) is 0 Å². The number of benzene rings is 1. The predicted octanol–water partition coefficient (Wildman–Crippen LogP) is 4.02. The smallest absolute Gasteiger partial charge is 0.254 e. The quantitative estimate of drug-likeness (QED) is 0.925. The van der Waals surface area contributed by atoms with Crippen molar-refractivity contribution >= 4 is 11.7 Å². The van der Waals surface area contributed by atoms with Crippen molar-refractivity contribution in [3.8, 4) is 0 Å². The molecule has 0 spiro atoms. The summed E-state index contributed by atoms with van der Waals surface area (Å²) >= 11 is 0. The number of aromatic nitrogens is 1. The molecule has 4 nitrogen and oxygen atoms in total. The lowest BCUT2D eigenvalue weighted by atomic mass is 9.94. The van der Waals surface area contributed by atoms with E-state index >= 15 is 0 Å². The van der Waals surface area contributed by atoms with Gasteiger partial charge in [0.25, 0.3) is 5.91 Å². The maximum Gasteiger partial charge on any atom is 0.254 e. The largest absolute Gasteiger partial charge is 0.367 e. The zero-order valence-electron chi connectivity index (χ0n) is 13.8. The molecule has 4 heteroatoms. The number of carbonyl (C=O) groups excluding carboxylic acids is 1.